The topological polar surface area (TPSA) is 52.1 Å². The monoisotopic (exact) mass is 640 g/mol. The maximum absolute atomic E-state index is 6.71. The van der Waals surface area contributed by atoms with Crippen molar-refractivity contribution in [3.63, 3.8) is 0 Å². The van der Waals surface area contributed by atoms with Gasteiger partial charge in [0.15, 0.2) is 5.82 Å². The smallest absolute Gasteiger partial charge is 0.160 e. The molecule has 0 amide bonds. The van der Waals surface area contributed by atoms with Crippen LogP contribution in [0.15, 0.2) is 179 Å². The fourth-order valence-corrected chi connectivity index (χ4v) is 7.05. The summed E-state index contributed by atoms with van der Waals surface area (Å²) < 4.78 is 13.1. The van der Waals surface area contributed by atoms with Crippen LogP contribution in [0.25, 0.3) is 100 Å². The van der Waals surface area contributed by atoms with Crippen LogP contribution in [-0.4, -0.2) is 9.97 Å². The summed E-state index contributed by atoms with van der Waals surface area (Å²) in [4.78, 5) is 10.2. The molecule has 7 aromatic carbocycles. The molecule has 4 nitrogen and oxygen atoms in total. The summed E-state index contributed by atoms with van der Waals surface area (Å²) in [5, 5.41) is 4.29. The molecule has 0 bridgehead atoms. The van der Waals surface area contributed by atoms with Gasteiger partial charge in [0.25, 0.3) is 0 Å². The second-order valence-corrected chi connectivity index (χ2v) is 12.5. The van der Waals surface area contributed by atoms with Gasteiger partial charge in [-0.25, -0.2) is 9.97 Å². The van der Waals surface area contributed by atoms with Crippen molar-refractivity contribution < 1.29 is 8.83 Å². The van der Waals surface area contributed by atoms with Crippen LogP contribution in [0.4, 0.5) is 0 Å². The minimum absolute atomic E-state index is 0.642. The Labute approximate surface area is 287 Å². The van der Waals surface area contributed by atoms with Crippen LogP contribution >= 0.6 is 0 Å². The van der Waals surface area contributed by atoms with Gasteiger partial charge in [0.05, 0.1) is 11.4 Å². The Balaban J connectivity index is 1.11. The summed E-state index contributed by atoms with van der Waals surface area (Å²) in [6.45, 7) is 0. The standard InChI is InChI=1S/C46H28N2O2/c1-3-11-29(12-4-1)30-21-23-32(24-22-30)41-28-40(31-13-5-2-6-14-31)47-46(48-41)33-25-26-35-37-17-10-19-39(45(37)50-43(35)27-33)38-18-9-16-36-34-15-7-8-20-42(34)49-44(36)38/h1-28H. The number of rotatable bonds is 5. The van der Waals surface area contributed by atoms with Crippen molar-refractivity contribution >= 4 is 43.9 Å². The molecule has 50 heavy (non-hydrogen) atoms. The van der Waals surface area contributed by atoms with Crippen molar-refractivity contribution in [2.75, 3.05) is 0 Å². The maximum Gasteiger partial charge on any atom is 0.160 e. The van der Waals surface area contributed by atoms with E-state index in [0.29, 0.717) is 5.82 Å². The first-order valence-electron chi connectivity index (χ1n) is 16.7. The summed E-state index contributed by atoms with van der Waals surface area (Å²) >= 11 is 0. The number of aromatic nitrogens is 2. The van der Waals surface area contributed by atoms with E-state index in [1.807, 2.05) is 42.5 Å². The lowest BCUT2D eigenvalue weighted by molar-refractivity contribution is 0.665. The van der Waals surface area contributed by atoms with E-state index in [9.17, 15) is 0 Å². The molecular formula is C46H28N2O2. The van der Waals surface area contributed by atoms with E-state index in [1.54, 1.807) is 0 Å². The highest BCUT2D eigenvalue weighted by molar-refractivity contribution is 6.15. The molecule has 3 aromatic heterocycles. The lowest BCUT2D eigenvalue weighted by atomic mass is 10.00. The van der Waals surface area contributed by atoms with E-state index >= 15 is 0 Å². The number of para-hydroxylation sites is 3. The highest BCUT2D eigenvalue weighted by atomic mass is 16.3. The fourth-order valence-electron chi connectivity index (χ4n) is 7.05. The van der Waals surface area contributed by atoms with E-state index in [2.05, 4.69) is 127 Å². The molecule has 0 aliphatic carbocycles. The third-order valence-electron chi connectivity index (χ3n) is 9.53. The summed E-state index contributed by atoms with van der Waals surface area (Å²) in [6.07, 6.45) is 0. The maximum atomic E-state index is 6.71. The first kappa shape index (κ1) is 28.3. The summed E-state index contributed by atoms with van der Waals surface area (Å²) in [5.74, 6) is 0.642. The molecule has 0 spiro atoms. The van der Waals surface area contributed by atoms with E-state index in [-0.39, 0.29) is 0 Å². The third kappa shape index (κ3) is 4.69. The predicted octanol–water partition coefficient (Wildman–Crippen LogP) is 12.6. The van der Waals surface area contributed by atoms with E-state index in [0.717, 1.165) is 88.6 Å². The van der Waals surface area contributed by atoms with Crippen molar-refractivity contribution in [2.45, 2.75) is 0 Å². The van der Waals surface area contributed by atoms with Crippen molar-refractivity contribution in [3.05, 3.63) is 170 Å². The van der Waals surface area contributed by atoms with Crippen LogP contribution in [-0.2, 0) is 0 Å². The number of hydrogen-bond acceptors (Lipinski definition) is 4. The van der Waals surface area contributed by atoms with Gasteiger partial charge in [-0.2, -0.15) is 0 Å². The number of nitrogens with zero attached hydrogens (tertiary/aromatic N) is 2. The van der Waals surface area contributed by atoms with Crippen molar-refractivity contribution in [1.82, 2.24) is 9.97 Å². The number of hydrogen-bond donors (Lipinski definition) is 0. The van der Waals surface area contributed by atoms with Crippen molar-refractivity contribution in [1.29, 1.82) is 0 Å². The molecule has 0 aliphatic heterocycles. The second kappa shape index (κ2) is 11.4. The number of benzene rings is 7. The quantitative estimate of drug-likeness (QED) is 0.188. The number of fused-ring (bicyclic) bond motifs is 6. The van der Waals surface area contributed by atoms with Crippen LogP contribution in [0.1, 0.15) is 0 Å². The Morgan fingerprint density at radius 3 is 1.48 bits per heavy atom. The van der Waals surface area contributed by atoms with E-state index < -0.39 is 0 Å². The molecule has 0 saturated carbocycles. The van der Waals surface area contributed by atoms with Crippen LogP contribution < -0.4 is 0 Å². The second-order valence-electron chi connectivity index (χ2n) is 12.5. The minimum Gasteiger partial charge on any atom is -0.455 e. The normalized spacial score (nSPS) is 11.6. The predicted molar refractivity (Wildman–Crippen MR) is 204 cm³/mol. The van der Waals surface area contributed by atoms with Crippen LogP contribution in [0.3, 0.4) is 0 Å². The molecule has 0 radical (unpaired) electrons. The molecular weight excluding hydrogens is 613 g/mol. The minimum atomic E-state index is 0.642. The van der Waals surface area contributed by atoms with Crippen LogP contribution in [0.2, 0.25) is 0 Å². The van der Waals surface area contributed by atoms with Gasteiger partial charge in [-0.1, -0.05) is 146 Å². The largest absolute Gasteiger partial charge is 0.455 e. The van der Waals surface area contributed by atoms with Gasteiger partial charge in [0, 0.05) is 49.4 Å². The average molecular weight is 641 g/mol. The molecule has 0 fully saturated rings. The summed E-state index contributed by atoms with van der Waals surface area (Å²) in [6, 6.07) is 58.4. The third-order valence-corrected chi connectivity index (χ3v) is 9.53. The molecule has 4 heteroatoms. The van der Waals surface area contributed by atoms with E-state index in [1.165, 1.54) is 5.56 Å². The molecule has 10 rings (SSSR count). The Kier molecular flexibility index (Phi) is 6.46. The molecule has 0 atom stereocenters. The van der Waals surface area contributed by atoms with Gasteiger partial charge < -0.3 is 8.83 Å². The summed E-state index contributed by atoms with van der Waals surface area (Å²) in [5.41, 5.74) is 12.4. The molecule has 0 aliphatic rings. The molecule has 0 N–H and O–H groups in total. The Bertz CT molecular complexity index is 2850. The first-order chi connectivity index (χ1) is 24.8. The average Bonchev–Trinajstić information content (AvgIpc) is 3.77. The highest BCUT2D eigenvalue weighted by Gasteiger charge is 2.18. The van der Waals surface area contributed by atoms with Crippen molar-refractivity contribution in [2.24, 2.45) is 0 Å². The Morgan fingerprint density at radius 1 is 0.320 bits per heavy atom. The Hall–Kier alpha value is -6.78. The van der Waals surface area contributed by atoms with E-state index in [4.69, 9.17) is 18.8 Å². The van der Waals surface area contributed by atoms with Crippen molar-refractivity contribution in [3.8, 4) is 56.2 Å². The summed E-state index contributed by atoms with van der Waals surface area (Å²) in [7, 11) is 0. The lowest BCUT2D eigenvalue weighted by Crippen LogP contribution is -1.96. The fraction of sp³-hybridized carbons (Fsp3) is 0. The van der Waals surface area contributed by atoms with Gasteiger partial charge in [-0.05, 0) is 35.4 Å². The Morgan fingerprint density at radius 2 is 0.800 bits per heavy atom. The molecule has 234 valence electrons. The van der Waals surface area contributed by atoms with Crippen LogP contribution in [0.5, 0.6) is 0 Å². The lowest BCUT2D eigenvalue weighted by Gasteiger charge is -2.10. The zero-order valence-corrected chi connectivity index (χ0v) is 26.9. The molecule has 10 aromatic rings. The highest BCUT2D eigenvalue weighted by Crippen LogP contribution is 2.41. The van der Waals surface area contributed by atoms with Crippen LogP contribution in [0, 0.1) is 0 Å². The molecule has 3 heterocycles. The van der Waals surface area contributed by atoms with Gasteiger partial charge in [0.2, 0.25) is 0 Å². The van der Waals surface area contributed by atoms with Gasteiger partial charge in [-0.3, -0.25) is 0 Å². The van der Waals surface area contributed by atoms with Gasteiger partial charge in [-0.15, -0.1) is 0 Å². The van der Waals surface area contributed by atoms with Gasteiger partial charge in [0.1, 0.15) is 22.3 Å². The zero-order valence-electron chi connectivity index (χ0n) is 26.9. The first-order valence-corrected chi connectivity index (χ1v) is 16.7. The molecule has 0 unspecified atom stereocenters. The molecule has 0 saturated heterocycles. The number of furan rings is 2. The zero-order chi connectivity index (χ0) is 33.0. The van der Waals surface area contributed by atoms with Gasteiger partial charge >= 0.3 is 0 Å². The SMILES string of the molecule is c1ccc(-c2ccc(-c3cc(-c4ccccc4)nc(-c4ccc5c(c4)oc4c(-c6cccc7c6oc6ccccc67)cccc45)n3)cc2)cc1.